The summed E-state index contributed by atoms with van der Waals surface area (Å²) in [6.45, 7) is 0.598. The number of thiophene rings is 1. The molecule has 1 aromatic carbocycles. The summed E-state index contributed by atoms with van der Waals surface area (Å²) in [5, 5.41) is 8.01. The average Bonchev–Trinajstić information content (AvgIpc) is 3.10. The van der Waals surface area contributed by atoms with Crippen molar-refractivity contribution < 1.29 is 4.52 Å². The van der Waals surface area contributed by atoms with Crippen LogP contribution in [0.5, 0.6) is 0 Å². The van der Waals surface area contributed by atoms with Crippen LogP contribution in [-0.4, -0.2) is 17.2 Å². The Morgan fingerprint density at radius 2 is 2.05 bits per heavy atom. The summed E-state index contributed by atoms with van der Waals surface area (Å²) in [6.07, 6.45) is 0. The smallest absolute Gasteiger partial charge is 0.246 e. The predicted molar refractivity (Wildman–Crippen MR) is 76.2 cm³/mol. The van der Waals surface area contributed by atoms with Crippen LogP contribution in [0.4, 0.5) is 5.69 Å². The fourth-order valence-electron chi connectivity index (χ4n) is 1.80. The first-order valence-corrected chi connectivity index (χ1v) is 6.88. The monoisotopic (exact) mass is 271 g/mol. The van der Waals surface area contributed by atoms with Crippen LogP contribution in [0.25, 0.3) is 11.4 Å². The number of hydrogen-bond acceptors (Lipinski definition) is 5. The maximum absolute atomic E-state index is 5.28. The zero-order valence-corrected chi connectivity index (χ0v) is 11.3. The summed E-state index contributed by atoms with van der Waals surface area (Å²) >= 11 is 1.62. The Balaban J connectivity index is 1.74. The number of aromatic nitrogens is 2. The Morgan fingerprint density at radius 3 is 2.79 bits per heavy atom. The van der Waals surface area contributed by atoms with Crippen LogP contribution in [-0.2, 0) is 6.54 Å². The van der Waals surface area contributed by atoms with E-state index < -0.39 is 0 Å². The van der Waals surface area contributed by atoms with E-state index in [0.717, 1.165) is 11.3 Å². The van der Waals surface area contributed by atoms with Crippen molar-refractivity contribution in [2.45, 2.75) is 6.54 Å². The maximum atomic E-state index is 5.28. The van der Waals surface area contributed by atoms with Crippen LogP contribution in [0.3, 0.4) is 0 Å². The number of anilines is 1. The van der Waals surface area contributed by atoms with E-state index in [9.17, 15) is 0 Å². The fraction of sp³-hybridized carbons (Fsp3) is 0.143. The van der Waals surface area contributed by atoms with Crippen molar-refractivity contribution in [2.24, 2.45) is 0 Å². The van der Waals surface area contributed by atoms with Crippen molar-refractivity contribution >= 4 is 17.0 Å². The summed E-state index contributed by atoms with van der Waals surface area (Å²) in [5.41, 5.74) is 2.13. The molecule has 0 radical (unpaired) electrons. The maximum Gasteiger partial charge on any atom is 0.246 e. The first kappa shape index (κ1) is 11.9. The Morgan fingerprint density at radius 1 is 1.21 bits per heavy atom. The van der Waals surface area contributed by atoms with E-state index >= 15 is 0 Å². The quantitative estimate of drug-likeness (QED) is 0.729. The molecule has 2 aromatic heterocycles. The van der Waals surface area contributed by atoms with Gasteiger partial charge in [-0.3, -0.25) is 0 Å². The number of hydrogen-bond donors (Lipinski definition) is 0. The molecular weight excluding hydrogens is 258 g/mol. The second kappa shape index (κ2) is 5.24. The molecule has 0 unspecified atom stereocenters. The number of nitrogens with zero attached hydrogens (tertiary/aromatic N) is 3. The lowest BCUT2D eigenvalue weighted by Gasteiger charge is -2.16. The van der Waals surface area contributed by atoms with E-state index in [4.69, 9.17) is 4.52 Å². The summed E-state index contributed by atoms with van der Waals surface area (Å²) < 4.78 is 5.28. The number of para-hydroxylation sites is 1. The molecule has 2 heterocycles. The molecule has 0 saturated carbocycles. The molecule has 0 spiro atoms. The molecule has 0 N–H and O–H groups in total. The topological polar surface area (TPSA) is 42.2 Å². The van der Waals surface area contributed by atoms with Gasteiger partial charge in [-0.25, -0.2) is 0 Å². The van der Waals surface area contributed by atoms with Crippen molar-refractivity contribution in [3.05, 3.63) is 53.0 Å². The SMILES string of the molecule is CN(Cc1nc(-c2ccsc2)no1)c1ccccc1. The molecular formula is C14H13N3OS. The second-order valence-electron chi connectivity index (χ2n) is 4.22. The van der Waals surface area contributed by atoms with Crippen molar-refractivity contribution in [2.75, 3.05) is 11.9 Å². The highest BCUT2D eigenvalue weighted by Gasteiger charge is 2.11. The van der Waals surface area contributed by atoms with Gasteiger partial charge in [0.25, 0.3) is 0 Å². The van der Waals surface area contributed by atoms with Crippen molar-refractivity contribution in [1.29, 1.82) is 0 Å². The highest BCUT2D eigenvalue weighted by Crippen LogP contribution is 2.20. The molecule has 0 aliphatic rings. The Labute approximate surface area is 115 Å². The Bertz CT molecular complexity index is 634. The van der Waals surface area contributed by atoms with Gasteiger partial charge in [-0.2, -0.15) is 16.3 Å². The van der Waals surface area contributed by atoms with E-state index in [1.807, 2.05) is 42.1 Å². The van der Waals surface area contributed by atoms with Gasteiger partial charge in [0.1, 0.15) is 0 Å². The highest BCUT2D eigenvalue weighted by atomic mass is 32.1. The number of benzene rings is 1. The van der Waals surface area contributed by atoms with Crippen LogP contribution in [0.15, 0.2) is 51.7 Å². The minimum atomic E-state index is 0.598. The Kier molecular flexibility index (Phi) is 3.29. The molecule has 5 heteroatoms. The molecule has 0 fully saturated rings. The van der Waals surface area contributed by atoms with Crippen LogP contribution >= 0.6 is 11.3 Å². The standard InChI is InChI=1S/C14H13N3OS/c1-17(12-5-3-2-4-6-12)9-13-15-14(16-18-13)11-7-8-19-10-11/h2-8,10H,9H2,1H3. The minimum Gasteiger partial charge on any atom is -0.365 e. The predicted octanol–water partition coefficient (Wildman–Crippen LogP) is 3.43. The molecule has 3 rings (SSSR count). The third-order valence-electron chi connectivity index (χ3n) is 2.82. The van der Waals surface area contributed by atoms with E-state index in [-0.39, 0.29) is 0 Å². The molecule has 0 atom stereocenters. The van der Waals surface area contributed by atoms with E-state index in [1.165, 1.54) is 0 Å². The first-order valence-electron chi connectivity index (χ1n) is 5.94. The van der Waals surface area contributed by atoms with Crippen LogP contribution in [0, 0.1) is 0 Å². The summed E-state index contributed by atoms with van der Waals surface area (Å²) in [4.78, 5) is 6.48. The van der Waals surface area contributed by atoms with Gasteiger partial charge in [-0.05, 0) is 23.6 Å². The lowest BCUT2D eigenvalue weighted by molar-refractivity contribution is 0.378. The second-order valence-corrected chi connectivity index (χ2v) is 5.00. The van der Waals surface area contributed by atoms with E-state index in [1.54, 1.807) is 11.3 Å². The molecule has 3 aromatic rings. The van der Waals surface area contributed by atoms with Gasteiger partial charge in [0, 0.05) is 23.7 Å². The van der Waals surface area contributed by atoms with Gasteiger partial charge in [-0.1, -0.05) is 23.4 Å². The lowest BCUT2D eigenvalue weighted by Crippen LogP contribution is -2.16. The van der Waals surface area contributed by atoms with Crippen molar-refractivity contribution in [3.63, 3.8) is 0 Å². The lowest BCUT2D eigenvalue weighted by atomic mass is 10.3. The van der Waals surface area contributed by atoms with Crippen molar-refractivity contribution in [3.8, 4) is 11.4 Å². The summed E-state index contributed by atoms with van der Waals surface area (Å²) in [7, 11) is 2.00. The summed E-state index contributed by atoms with van der Waals surface area (Å²) in [5.74, 6) is 1.27. The molecule has 0 aliphatic carbocycles. The molecule has 0 bridgehead atoms. The van der Waals surface area contributed by atoms with Gasteiger partial charge < -0.3 is 9.42 Å². The van der Waals surface area contributed by atoms with Gasteiger partial charge in [0.05, 0.1) is 6.54 Å². The van der Waals surface area contributed by atoms with E-state index in [0.29, 0.717) is 18.3 Å². The number of rotatable bonds is 4. The van der Waals surface area contributed by atoms with Gasteiger partial charge in [0.15, 0.2) is 0 Å². The first-order chi connectivity index (χ1) is 9.33. The molecule has 0 saturated heterocycles. The van der Waals surface area contributed by atoms with Gasteiger partial charge >= 0.3 is 0 Å². The summed E-state index contributed by atoms with van der Waals surface area (Å²) in [6, 6.07) is 12.1. The average molecular weight is 271 g/mol. The Hall–Kier alpha value is -2.14. The highest BCUT2D eigenvalue weighted by molar-refractivity contribution is 7.08. The zero-order valence-electron chi connectivity index (χ0n) is 10.5. The third-order valence-corrected chi connectivity index (χ3v) is 3.50. The van der Waals surface area contributed by atoms with Crippen LogP contribution in [0.1, 0.15) is 5.89 Å². The molecule has 19 heavy (non-hydrogen) atoms. The van der Waals surface area contributed by atoms with E-state index in [2.05, 4.69) is 27.2 Å². The van der Waals surface area contributed by atoms with Crippen LogP contribution < -0.4 is 4.90 Å². The fourth-order valence-corrected chi connectivity index (χ4v) is 2.44. The third kappa shape index (κ3) is 2.66. The molecule has 0 amide bonds. The largest absolute Gasteiger partial charge is 0.365 e. The van der Waals surface area contributed by atoms with Crippen molar-refractivity contribution in [1.82, 2.24) is 10.1 Å². The zero-order chi connectivity index (χ0) is 13.1. The van der Waals surface area contributed by atoms with Crippen LogP contribution in [0.2, 0.25) is 0 Å². The normalized spacial score (nSPS) is 10.6. The van der Waals surface area contributed by atoms with Gasteiger partial charge in [-0.15, -0.1) is 0 Å². The molecule has 4 nitrogen and oxygen atoms in total. The molecule has 96 valence electrons. The van der Waals surface area contributed by atoms with Gasteiger partial charge in [0.2, 0.25) is 11.7 Å². The molecule has 0 aliphatic heterocycles. The minimum absolute atomic E-state index is 0.598.